The lowest BCUT2D eigenvalue weighted by Gasteiger charge is -2.17. The Labute approximate surface area is 136 Å². The van der Waals surface area contributed by atoms with Gasteiger partial charge in [0.25, 0.3) is 5.91 Å². The number of carbonyl (C=O) groups excluding carboxylic acids is 3. The first kappa shape index (κ1) is 18.6. The van der Waals surface area contributed by atoms with Crippen molar-refractivity contribution in [2.24, 2.45) is 0 Å². The van der Waals surface area contributed by atoms with Gasteiger partial charge in [-0.25, -0.2) is 0 Å². The molecule has 0 fully saturated rings. The minimum atomic E-state index is -0.985. The maximum Gasteiger partial charge on any atom is 0.316 e. The molecular weight excluding hydrogens is 296 g/mol. The van der Waals surface area contributed by atoms with Gasteiger partial charge in [0, 0.05) is 12.2 Å². The topological polar surface area (TPSA) is 105 Å². The Kier molecular flexibility index (Phi) is 7.76. The van der Waals surface area contributed by atoms with Gasteiger partial charge in [-0.3, -0.25) is 19.7 Å². The highest BCUT2D eigenvalue weighted by Crippen LogP contribution is 2.09. The quantitative estimate of drug-likeness (QED) is 0.382. The highest BCUT2D eigenvalue weighted by molar-refractivity contribution is 6.38. The molecule has 4 N–H and O–H groups in total. The van der Waals surface area contributed by atoms with Crippen LogP contribution in [-0.2, 0) is 9.59 Å². The first-order valence-corrected chi connectivity index (χ1v) is 7.69. The molecule has 1 aromatic carbocycles. The number of anilines is 1. The summed E-state index contributed by atoms with van der Waals surface area (Å²) in [6, 6.07) is 6.34. The Hall–Kier alpha value is -2.41. The summed E-state index contributed by atoms with van der Waals surface area (Å²) >= 11 is 0. The third kappa shape index (κ3) is 6.07. The molecule has 1 aromatic rings. The second-order valence-corrected chi connectivity index (χ2v) is 5.01. The molecule has 0 unspecified atom stereocenters. The maximum atomic E-state index is 11.9. The monoisotopic (exact) mass is 320 g/mol. The van der Waals surface area contributed by atoms with Crippen LogP contribution in [0.4, 0.5) is 5.69 Å². The zero-order valence-electron chi connectivity index (χ0n) is 13.6. The molecule has 7 nitrogen and oxygen atoms in total. The van der Waals surface area contributed by atoms with Gasteiger partial charge in [0.15, 0.2) is 0 Å². The minimum Gasteiger partial charge on any atom is -0.398 e. The smallest absolute Gasteiger partial charge is 0.316 e. The second-order valence-electron chi connectivity index (χ2n) is 5.01. The molecule has 0 bridgehead atoms. The predicted octanol–water partition coefficient (Wildman–Crippen LogP) is 0.373. The van der Waals surface area contributed by atoms with E-state index in [0.29, 0.717) is 6.54 Å². The number of carbonyl (C=O) groups is 3. The molecule has 0 heterocycles. The summed E-state index contributed by atoms with van der Waals surface area (Å²) in [4.78, 5) is 37.4. The zero-order valence-corrected chi connectivity index (χ0v) is 13.6. The normalized spacial score (nSPS) is 10.4. The zero-order chi connectivity index (χ0) is 17.2. The van der Waals surface area contributed by atoms with Gasteiger partial charge in [-0.15, -0.1) is 0 Å². The number of nitrogen functional groups attached to an aromatic ring is 1. The molecule has 0 atom stereocenters. The van der Waals surface area contributed by atoms with Gasteiger partial charge in [-0.05, 0) is 38.2 Å². The van der Waals surface area contributed by atoms with Gasteiger partial charge in [-0.1, -0.05) is 26.0 Å². The van der Waals surface area contributed by atoms with Crippen molar-refractivity contribution in [3.63, 3.8) is 0 Å². The second kappa shape index (κ2) is 9.58. The summed E-state index contributed by atoms with van der Waals surface area (Å²) in [7, 11) is 0. The summed E-state index contributed by atoms with van der Waals surface area (Å²) in [6.07, 6.45) is 0.736. The lowest BCUT2D eigenvalue weighted by molar-refractivity contribution is -0.138. The average molecular weight is 320 g/mol. The lowest BCUT2D eigenvalue weighted by Crippen LogP contribution is -2.43. The van der Waals surface area contributed by atoms with Crippen molar-refractivity contribution >= 4 is 23.4 Å². The van der Waals surface area contributed by atoms with Crippen LogP contribution >= 0.6 is 0 Å². The van der Waals surface area contributed by atoms with Crippen LogP contribution in [0.25, 0.3) is 0 Å². The van der Waals surface area contributed by atoms with E-state index in [9.17, 15) is 14.4 Å². The number of rotatable bonds is 7. The summed E-state index contributed by atoms with van der Waals surface area (Å²) in [5, 5.41) is 4.52. The molecule has 1 rings (SSSR count). The predicted molar refractivity (Wildman–Crippen MR) is 88.7 cm³/mol. The summed E-state index contributed by atoms with van der Waals surface area (Å²) in [5.41, 5.74) is 6.06. The van der Waals surface area contributed by atoms with Crippen molar-refractivity contribution in [3.05, 3.63) is 29.8 Å². The largest absolute Gasteiger partial charge is 0.398 e. The van der Waals surface area contributed by atoms with E-state index in [1.807, 2.05) is 5.32 Å². The Morgan fingerprint density at radius 2 is 1.74 bits per heavy atom. The van der Waals surface area contributed by atoms with E-state index < -0.39 is 17.7 Å². The van der Waals surface area contributed by atoms with E-state index in [1.54, 1.807) is 18.2 Å². The van der Waals surface area contributed by atoms with Gasteiger partial charge in [0.05, 0.1) is 5.56 Å². The van der Waals surface area contributed by atoms with E-state index >= 15 is 0 Å². The minimum absolute atomic E-state index is 0.162. The first-order valence-electron chi connectivity index (χ1n) is 7.69. The van der Waals surface area contributed by atoms with Gasteiger partial charge in [0.2, 0.25) is 0 Å². The number of nitrogens with two attached hydrogens (primary N) is 1. The summed E-state index contributed by atoms with van der Waals surface area (Å²) < 4.78 is 0. The molecule has 126 valence electrons. The van der Waals surface area contributed by atoms with Gasteiger partial charge >= 0.3 is 11.8 Å². The van der Waals surface area contributed by atoms with Crippen LogP contribution in [0.1, 0.15) is 30.6 Å². The van der Waals surface area contributed by atoms with Crippen LogP contribution in [-0.4, -0.2) is 48.8 Å². The van der Waals surface area contributed by atoms with Gasteiger partial charge < -0.3 is 16.0 Å². The number of nitrogens with one attached hydrogen (secondary N) is 2. The highest BCUT2D eigenvalue weighted by Gasteiger charge is 2.18. The van der Waals surface area contributed by atoms with E-state index in [0.717, 1.165) is 26.1 Å². The number of nitrogens with zero attached hydrogens (tertiary/aromatic N) is 1. The molecule has 0 radical (unpaired) electrons. The molecule has 0 aliphatic rings. The van der Waals surface area contributed by atoms with Crippen molar-refractivity contribution in [2.75, 3.05) is 31.9 Å². The average Bonchev–Trinajstić information content (AvgIpc) is 2.55. The number of imide groups is 1. The SMILES string of the molecule is CCN(CC)CCCNC(=O)C(=O)NC(=O)c1ccccc1N. The number of hydrogen-bond donors (Lipinski definition) is 3. The van der Waals surface area contributed by atoms with Crippen LogP contribution in [0.3, 0.4) is 0 Å². The fourth-order valence-electron chi connectivity index (χ4n) is 2.06. The van der Waals surface area contributed by atoms with Crippen LogP contribution < -0.4 is 16.4 Å². The van der Waals surface area contributed by atoms with Crippen LogP contribution in [0.2, 0.25) is 0 Å². The highest BCUT2D eigenvalue weighted by atomic mass is 16.2. The molecule has 7 heteroatoms. The summed E-state index contributed by atoms with van der Waals surface area (Å²) in [5.74, 6) is -2.50. The van der Waals surface area contributed by atoms with E-state index in [1.165, 1.54) is 6.07 Å². The van der Waals surface area contributed by atoms with Crippen LogP contribution in [0, 0.1) is 0 Å². The molecule has 0 aliphatic carbocycles. The van der Waals surface area contributed by atoms with E-state index in [-0.39, 0.29) is 11.3 Å². The van der Waals surface area contributed by atoms with Gasteiger partial charge in [-0.2, -0.15) is 0 Å². The lowest BCUT2D eigenvalue weighted by atomic mass is 10.1. The van der Waals surface area contributed by atoms with Crippen molar-refractivity contribution in [1.82, 2.24) is 15.5 Å². The first-order chi connectivity index (χ1) is 11.0. The number of hydrogen-bond acceptors (Lipinski definition) is 5. The van der Waals surface area contributed by atoms with E-state index in [4.69, 9.17) is 5.73 Å². The van der Waals surface area contributed by atoms with Crippen molar-refractivity contribution in [3.8, 4) is 0 Å². The molecule has 0 spiro atoms. The van der Waals surface area contributed by atoms with Crippen molar-refractivity contribution in [2.45, 2.75) is 20.3 Å². The third-order valence-corrected chi connectivity index (χ3v) is 3.47. The molecule has 0 aliphatic heterocycles. The number of benzene rings is 1. The molecular formula is C16H24N4O3. The standard InChI is InChI=1S/C16H24N4O3/c1-3-20(4-2)11-7-10-18-15(22)16(23)19-14(21)12-8-5-6-9-13(12)17/h5-6,8-9H,3-4,7,10-11,17H2,1-2H3,(H,18,22)(H,19,21,23). The summed E-state index contributed by atoms with van der Waals surface area (Å²) in [6.45, 7) is 7.24. The molecule has 0 aromatic heterocycles. The molecule has 3 amide bonds. The van der Waals surface area contributed by atoms with Crippen molar-refractivity contribution in [1.29, 1.82) is 0 Å². The number of para-hydroxylation sites is 1. The Morgan fingerprint density at radius 1 is 1.09 bits per heavy atom. The van der Waals surface area contributed by atoms with Gasteiger partial charge in [0.1, 0.15) is 0 Å². The maximum absolute atomic E-state index is 11.9. The Bertz CT molecular complexity index is 556. The molecule has 0 saturated carbocycles. The fourth-order valence-corrected chi connectivity index (χ4v) is 2.06. The third-order valence-electron chi connectivity index (χ3n) is 3.47. The Balaban J connectivity index is 2.38. The van der Waals surface area contributed by atoms with Crippen LogP contribution in [0.15, 0.2) is 24.3 Å². The number of amides is 3. The van der Waals surface area contributed by atoms with Crippen molar-refractivity contribution < 1.29 is 14.4 Å². The Morgan fingerprint density at radius 3 is 2.35 bits per heavy atom. The van der Waals surface area contributed by atoms with E-state index in [2.05, 4.69) is 24.1 Å². The fraction of sp³-hybridized carbons (Fsp3) is 0.438. The van der Waals surface area contributed by atoms with Crippen LogP contribution in [0.5, 0.6) is 0 Å². The molecule has 23 heavy (non-hydrogen) atoms. The molecule has 0 saturated heterocycles.